The maximum absolute atomic E-state index is 13.0. The molecule has 3 aromatic rings. The fourth-order valence-corrected chi connectivity index (χ4v) is 2.63. The summed E-state index contributed by atoms with van der Waals surface area (Å²) in [6.07, 6.45) is 1.42. The average Bonchev–Trinajstić information content (AvgIpc) is 2.79. The molecule has 3 rings (SSSR count). The Morgan fingerprint density at radius 1 is 0.871 bits per heavy atom. The number of hydrogen-bond acceptors (Lipinski definition) is 5. The van der Waals surface area contributed by atoms with Crippen LogP contribution >= 0.6 is 0 Å². The van der Waals surface area contributed by atoms with Gasteiger partial charge in [-0.05, 0) is 54.1 Å². The maximum atomic E-state index is 13.0. The number of methoxy groups -OCH3 is 1. The third kappa shape index (κ3) is 5.60. The van der Waals surface area contributed by atoms with Gasteiger partial charge in [-0.2, -0.15) is 5.10 Å². The van der Waals surface area contributed by atoms with E-state index in [1.54, 1.807) is 42.5 Å². The lowest BCUT2D eigenvalue weighted by molar-refractivity contribution is 0.0600. The van der Waals surface area contributed by atoms with Crippen molar-refractivity contribution in [3.8, 4) is 0 Å². The number of hydrazone groups is 1. The second kappa shape index (κ2) is 9.93. The second-order valence-corrected chi connectivity index (χ2v) is 6.32. The number of benzene rings is 3. The fraction of sp³-hybridized carbons (Fsp3) is 0.0435. The smallest absolute Gasteiger partial charge is 0.337 e. The Kier molecular flexibility index (Phi) is 6.85. The normalized spacial score (nSPS) is 10.5. The number of nitrogens with zero attached hydrogens (tertiary/aromatic N) is 1. The molecule has 0 fully saturated rings. The molecule has 0 heterocycles. The zero-order chi connectivity index (χ0) is 22.2. The van der Waals surface area contributed by atoms with Gasteiger partial charge in [0.15, 0.2) is 0 Å². The zero-order valence-corrected chi connectivity index (χ0v) is 16.5. The Morgan fingerprint density at radius 2 is 1.52 bits per heavy atom. The number of ether oxygens (including phenoxy) is 1. The van der Waals surface area contributed by atoms with E-state index < -0.39 is 23.6 Å². The minimum absolute atomic E-state index is 0.205. The van der Waals surface area contributed by atoms with E-state index in [0.717, 1.165) is 0 Å². The molecule has 7 nitrogen and oxygen atoms in total. The molecule has 0 spiro atoms. The number of esters is 1. The molecule has 0 saturated heterocycles. The summed E-state index contributed by atoms with van der Waals surface area (Å²) in [4.78, 5) is 36.3. The summed E-state index contributed by atoms with van der Waals surface area (Å²) in [6.45, 7) is 0. The SMILES string of the molecule is COC(=O)c1ccc(C=NNC(=O)c2ccccc2NC(=O)c2ccc(F)cc2)cc1. The van der Waals surface area contributed by atoms with Crippen molar-refractivity contribution in [1.82, 2.24) is 5.43 Å². The lowest BCUT2D eigenvalue weighted by Gasteiger charge is -2.10. The summed E-state index contributed by atoms with van der Waals surface area (Å²) >= 11 is 0. The summed E-state index contributed by atoms with van der Waals surface area (Å²) in [5, 5.41) is 6.55. The van der Waals surface area contributed by atoms with Crippen molar-refractivity contribution < 1.29 is 23.5 Å². The molecule has 31 heavy (non-hydrogen) atoms. The molecule has 0 saturated carbocycles. The minimum Gasteiger partial charge on any atom is -0.465 e. The number of rotatable bonds is 6. The van der Waals surface area contributed by atoms with Crippen LogP contribution in [0.25, 0.3) is 0 Å². The first kappa shape index (κ1) is 21.4. The third-order valence-electron chi connectivity index (χ3n) is 4.24. The van der Waals surface area contributed by atoms with Gasteiger partial charge in [0, 0.05) is 5.56 Å². The lowest BCUT2D eigenvalue weighted by atomic mass is 10.1. The predicted molar refractivity (Wildman–Crippen MR) is 114 cm³/mol. The van der Waals surface area contributed by atoms with Gasteiger partial charge in [-0.3, -0.25) is 9.59 Å². The van der Waals surface area contributed by atoms with Crippen LogP contribution in [0.3, 0.4) is 0 Å². The van der Waals surface area contributed by atoms with Gasteiger partial charge in [-0.25, -0.2) is 14.6 Å². The van der Waals surface area contributed by atoms with Crippen LogP contribution in [0.5, 0.6) is 0 Å². The molecule has 0 aliphatic carbocycles. The van der Waals surface area contributed by atoms with Crippen molar-refractivity contribution >= 4 is 29.7 Å². The fourth-order valence-electron chi connectivity index (χ4n) is 2.63. The lowest BCUT2D eigenvalue weighted by Crippen LogP contribution is -2.21. The van der Waals surface area contributed by atoms with E-state index in [9.17, 15) is 18.8 Å². The highest BCUT2D eigenvalue weighted by Crippen LogP contribution is 2.16. The highest BCUT2D eigenvalue weighted by atomic mass is 19.1. The molecule has 0 aliphatic heterocycles. The van der Waals surface area contributed by atoms with E-state index in [4.69, 9.17) is 0 Å². The van der Waals surface area contributed by atoms with Crippen LogP contribution in [0.2, 0.25) is 0 Å². The van der Waals surface area contributed by atoms with E-state index in [-0.39, 0.29) is 16.8 Å². The first-order valence-corrected chi connectivity index (χ1v) is 9.15. The van der Waals surface area contributed by atoms with Gasteiger partial charge in [0.05, 0.1) is 30.1 Å². The number of para-hydroxylation sites is 1. The van der Waals surface area contributed by atoms with Gasteiger partial charge in [0.25, 0.3) is 11.8 Å². The Bertz CT molecular complexity index is 1130. The van der Waals surface area contributed by atoms with Crippen LogP contribution in [-0.2, 0) is 4.74 Å². The molecule has 0 unspecified atom stereocenters. The minimum atomic E-state index is -0.530. The topological polar surface area (TPSA) is 96.9 Å². The van der Waals surface area contributed by atoms with Crippen molar-refractivity contribution in [2.75, 3.05) is 12.4 Å². The molecule has 3 aromatic carbocycles. The molecule has 2 amide bonds. The largest absolute Gasteiger partial charge is 0.465 e. The molecule has 2 N–H and O–H groups in total. The molecule has 0 aliphatic rings. The number of nitrogens with one attached hydrogen (secondary N) is 2. The third-order valence-corrected chi connectivity index (χ3v) is 4.24. The van der Waals surface area contributed by atoms with Crippen LogP contribution in [0, 0.1) is 5.82 Å². The van der Waals surface area contributed by atoms with Crippen molar-refractivity contribution in [1.29, 1.82) is 0 Å². The Balaban J connectivity index is 1.67. The maximum Gasteiger partial charge on any atom is 0.337 e. The quantitative estimate of drug-likeness (QED) is 0.362. The Labute approximate surface area is 177 Å². The van der Waals surface area contributed by atoms with Gasteiger partial charge >= 0.3 is 5.97 Å². The Morgan fingerprint density at radius 3 is 2.19 bits per heavy atom. The first-order chi connectivity index (χ1) is 15.0. The van der Waals surface area contributed by atoms with Crippen LogP contribution in [0.4, 0.5) is 10.1 Å². The number of carbonyl (C=O) groups is 3. The number of halogens is 1. The van der Waals surface area contributed by atoms with E-state index in [1.807, 2.05) is 0 Å². The van der Waals surface area contributed by atoms with Gasteiger partial charge in [-0.15, -0.1) is 0 Å². The zero-order valence-electron chi connectivity index (χ0n) is 16.5. The Hall–Kier alpha value is -4.33. The molecule has 0 aromatic heterocycles. The summed E-state index contributed by atoms with van der Waals surface area (Å²) in [5.74, 6) is -1.91. The van der Waals surface area contributed by atoms with Gasteiger partial charge in [-0.1, -0.05) is 24.3 Å². The average molecular weight is 419 g/mol. The van der Waals surface area contributed by atoms with Crippen LogP contribution in [0.15, 0.2) is 77.9 Å². The molecule has 0 atom stereocenters. The van der Waals surface area contributed by atoms with E-state index in [2.05, 4.69) is 20.6 Å². The van der Waals surface area contributed by atoms with E-state index >= 15 is 0 Å². The van der Waals surface area contributed by atoms with Gasteiger partial charge in [0.2, 0.25) is 0 Å². The molecular weight excluding hydrogens is 401 g/mol. The van der Waals surface area contributed by atoms with Crippen LogP contribution < -0.4 is 10.7 Å². The number of amides is 2. The van der Waals surface area contributed by atoms with Crippen LogP contribution in [-0.4, -0.2) is 31.1 Å². The summed E-state index contributed by atoms with van der Waals surface area (Å²) in [7, 11) is 1.30. The van der Waals surface area contributed by atoms with Crippen molar-refractivity contribution in [3.63, 3.8) is 0 Å². The standard InChI is InChI=1S/C23H18FN3O4/c1-31-23(30)17-8-6-15(7-9-17)14-25-27-22(29)19-4-2-3-5-20(19)26-21(28)16-10-12-18(24)13-11-16/h2-14H,1H3,(H,26,28)(H,27,29). The van der Waals surface area contributed by atoms with Gasteiger partial charge < -0.3 is 10.1 Å². The van der Waals surface area contributed by atoms with E-state index in [0.29, 0.717) is 11.1 Å². The highest BCUT2D eigenvalue weighted by Gasteiger charge is 2.14. The van der Waals surface area contributed by atoms with Crippen molar-refractivity contribution in [2.24, 2.45) is 5.10 Å². The summed E-state index contributed by atoms with van der Waals surface area (Å²) < 4.78 is 17.7. The van der Waals surface area contributed by atoms with Crippen molar-refractivity contribution in [2.45, 2.75) is 0 Å². The predicted octanol–water partition coefficient (Wildman–Crippen LogP) is 3.63. The van der Waals surface area contributed by atoms with Gasteiger partial charge in [0.1, 0.15) is 5.82 Å². The summed E-state index contributed by atoms with van der Waals surface area (Å²) in [5.41, 5.74) is 4.19. The van der Waals surface area contributed by atoms with Crippen molar-refractivity contribution in [3.05, 3.63) is 101 Å². The number of carbonyl (C=O) groups excluding carboxylic acids is 3. The number of hydrogen-bond donors (Lipinski definition) is 2. The monoisotopic (exact) mass is 419 g/mol. The molecule has 0 bridgehead atoms. The van der Waals surface area contributed by atoms with E-state index in [1.165, 1.54) is 43.7 Å². The molecule has 156 valence electrons. The second-order valence-electron chi connectivity index (χ2n) is 6.32. The van der Waals surface area contributed by atoms with Crippen LogP contribution in [0.1, 0.15) is 36.6 Å². The first-order valence-electron chi connectivity index (χ1n) is 9.15. The molecular formula is C23H18FN3O4. The molecule has 8 heteroatoms. The highest BCUT2D eigenvalue weighted by molar-refractivity contribution is 6.09. The number of anilines is 1. The summed E-state index contributed by atoms with van der Waals surface area (Å²) in [6, 6.07) is 18.0. The molecule has 0 radical (unpaired) electrons.